The lowest BCUT2D eigenvalue weighted by Gasteiger charge is -2.14. The van der Waals surface area contributed by atoms with E-state index in [9.17, 15) is 4.79 Å². The van der Waals surface area contributed by atoms with Gasteiger partial charge in [0.25, 0.3) is 5.56 Å². The van der Waals surface area contributed by atoms with Crippen LogP contribution in [0.4, 0.5) is 0 Å². The third-order valence-corrected chi connectivity index (χ3v) is 3.13. The fraction of sp³-hybridized carbons (Fsp3) is 0.333. The van der Waals surface area contributed by atoms with Gasteiger partial charge in [-0.25, -0.2) is 4.98 Å². The number of fused-ring (bicyclic) bond motifs is 1. The van der Waals surface area contributed by atoms with Gasteiger partial charge in [-0.2, -0.15) is 0 Å². The number of aromatic nitrogens is 2. The zero-order valence-electron chi connectivity index (χ0n) is 9.99. The Bertz CT molecular complexity index is 621. The second-order valence-electron chi connectivity index (χ2n) is 4.01. The molecular weight excluding hydrogens is 238 g/mol. The molecule has 4 nitrogen and oxygen atoms in total. The highest BCUT2D eigenvalue weighted by Crippen LogP contribution is 2.17. The van der Waals surface area contributed by atoms with Gasteiger partial charge in [0.1, 0.15) is 5.82 Å². The lowest BCUT2D eigenvalue weighted by Crippen LogP contribution is -2.27. The molecule has 0 saturated heterocycles. The van der Waals surface area contributed by atoms with Gasteiger partial charge < -0.3 is 5.32 Å². The summed E-state index contributed by atoms with van der Waals surface area (Å²) in [6.45, 7) is 1.96. The minimum atomic E-state index is -0.0521. The second kappa shape index (κ2) is 4.47. The van der Waals surface area contributed by atoms with Gasteiger partial charge in [-0.3, -0.25) is 9.36 Å². The van der Waals surface area contributed by atoms with Crippen LogP contribution in [0, 0.1) is 0 Å². The van der Waals surface area contributed by atoms with E-state index >= 15 is 0 Å². The molecule has 0 saturated carbocycles. The Hall–Kier alpha value is -1.39. The molecule has 1 atom stereocenters. The Kier molecular flexibility index (Phi) is 3.17. The monoisotopic (exact) mass is 251 g/mol. The Morgan fingerprint density at radius 2 is 2.18 bits per heavy atom. The third kappa shape index (κ3) is 2.06. The van der Waals surface area contributed by atoms with E-state index in [4.69, 9.17) is 11.6 Å². The summed E-state index contributed by atoms with van der Waals surface area (Å²) in [5.74, 6) is 0.701. The van der Waals surface area contributed by atoms with Crippen LogP contribution in [0.15, 0.2) is 23.0 Å². The molecule has 5 heteroatoms. The van der Waals surface area contributed by atoms with Gasteiger partial charge in [0.15, 0.2) is 0 Å². The number of hydrogen-bond donors (Lipinski definition) is 1. The van der Waals surface area contributed by atoms with Crippen molar-refractivity contribution in [1.29, 1.82) is 0 Å². The molecule has 1 aromatic heterocycles. The number of rotatable bonds is 2. The maximum absolute atomic E-state index is 12.1. The fourth-order valence-electron chi connectivity index (χ4n) is 1.78. The van der Waals surface area contributed by atoms with Crippen LogP contribution in [0.1, 0.15) is 18.8 Å². The first kappa shape index (κ1) is 12.1. The molecule has 1 heterocycles. The first-order chi connectivity index (χ1) is 8.04. The molecule has 2 rings (SSSR count). The van der Waals surface area contributed by atoms with Crippen molar-refractivity contribution in [3.05, 3.63) is 39.4 Å². The molecule has 0 radical (unpaired) electrons. The molecule has 0 bridgehead atoms. The van der Waals surface area contributed by atoms with E-state index in [2.05, 4.69) is 10.3 Å². The summed E-state index contributed by atoms with van der Waals surface area (Å²) in [6, 6.07) is 5.13. The standard InChI is InChI=1S/C12H14ClN3O/c1-7(14-2)11-15-10-6-8(13)4-5-9(10)12(17)16(11)3/h4-7,14H,1-3H3. The minimum Gasteiger partial charge on any atom is -0.311 e. The van der Waals surface area contributed by atoms with Crippen LogP contribution in [-0.4, -0.2) is 16.6 Å². The lowest BCUT2D eigenvalue weighted by molar-refractivity contribution is 0.570. The summed E-state index contributed by atoms with van der Waals surface area (Å²) in [7, 11) is 3.56. The summed E-state index contributed by atoms with van der Waals surface area (Å²) < 4.78 is 1.57. The van der Waals surface area contributed by atoms with Crippen LogP contribution in [-0.2, 0) is 7.05 Å². The van der Waals surface area contributed by atoms with Gasteiger partial charge in [-0.1, -0.05) is 11.6 Å². The van der Waals surface area contributed by atoms with Gasteiger partial charge in [-0.05, 0) is 32.2 Å². The van der Waals surface area contributed by atoms with E-state index in [1.807, 2.05) is 14.0 Å². The quantitative estimate of drug-likeness (QED) is 0.886. The Morgan fingerprint density at radius 3 is 2.82 bits per heavy atom. The Morgan fingerprint density at radius 1 is 1.47 bits per heavy atom. The van der Waals surface area contributed by atoms with Gasteiger partial charge in [0.05, 0.1) is 16.9 Å². The number of hydrogen-bond acceptors (Lipinski definition) is 3. The molecule has 0 amide bonds. The summed E-state index contributed by atoms with van der Waals surface area (Å²) in [5, 5.41) is 4.24. The zero-order valence-corrected chi connectivity index (χ0v) is 10.7. The summed E-state index contributed by atoms with van der Waals surface area (Å²) in [6.07, 6.45) is 0. The van der Waals surface area contributed by atoms with Crippen LogP contribution in [0.5, 0.6) is 0 Å². The van der Waals surface area contributed by atoms with Gasteiger partial charge in [0.2, 0.25) is 0 Å². The largest absolute Gasteiger partial charge is 0.311 e. The van der Waals surface area contributed by atoms with Crippen LogP contribution in [0.3, 0.4) is 0 Å². The summed E-state index contributed by atoms with van der Waals surface area (Å²) in [4.78, 5) is 16.6. The molecule has 1 N–H and O–H groups in total. The number of nitrogens with one attached hydrogen (secondary N) is 1. The van der Waals surface area contributed by atoms with Crippen LogP contribution < -0.4 is 10.9 Å². The lowest BCUT2D eigenvalue weighted by atomic mass is 10.2. The second-order valence-corrected chi connectivity index (χ2v) is 4.44. The highest BCUT2D eigenvalue weighted by molar-refractivity contribution is 6.31. The molecule has 2 aromatic rings. The van der Waals surface area contributed by atoms with Crippen LogP contribution >= 0.6 is 11.6 Å². The predicted octanol–water partition coefficient (Wildman–Crippen LogP) is 1.87. The van der Waals surface area contributed by atoms with E-state index < -0.39 is 0 Å². The number of benzene rings is 1. The number of nitrogens with zero attached hydrogens (tertiary/aromatic N) is 2. The molecule has 90 valence electrons. The van der Waals surface area contributed by atoms with E-state index in [0.29, 0.717) is 21.7 Å². The van der Waals surface area contributed by atoms with Gasteiger partial charge in [-0.15, -0.1) is 0 Å². The van der Waals surface area contributed by atoms with Gasteiger partial charge in [0, 0.05) is 12.1 Å². The van der Waals surface area contributed by atoms with E-state index in [-0.39, 0.29) is 11.6 Å². The molecule has 0 aliphatic carbocycles. The van der Waals surface area contributed by atoms with Crippen LogP contribution in [0.25, 0.3) is 10.9 Å². The van der Waals surface area contributed by atoms with Crippen LogP contribution in [0.2, 0.25) is 5.02 Å². The molecular formula is C12H14ClN3O. The minimum absolute atomic E-state index is 0.0103. The van der Waals surface area contributed by atoms with Crippen molar-refractivity contribution in [3.63, 3.8) is 0 Å². The van der Waals surface area contributed by atoms with E-state index in [1.165, 1.54) is 0 Å². The fourth-order valence-corrected chi connectivity index (χ4v) is 1.94. The van der Waals surface area contributed by atoms with Crippen molar-refractivity contribution in [2.45, 2.75) is 13.0 Å². The topological polar surface area (TPSA) is 46.9 Å². The molecule has 17 heavy (non-hydrogen) atoms. The van der Waals surface area contributed by atoms with Crippen molar-refractivity contribution >= 4 is 22.5 Å². The SMILES string of the molecule is CNC(C)c1nc2cc(Cl)ccc2c(=O)n1C. The van der Waals surface area contributed by atoms with E-state index in [0.717, 1.165) is 0 Å². The number of halogens is 1. The molecule has 0 fully saturated rings. The first-order valence-corrected chi connectivity index (χ1v) is 5.76. The molecule has 1 aromatic carbocycles. The zero-order chi connectivity index (χ0) is 12.6. The van der Waals surface area contributed by atoms with E-state index in [1.54, 1.807) is 29.8 Å². The normalized spacial score (nSPS) is 12.9. The smallest absolute Gasteiger partial charge is 0.261 e. The maximum Gasteiger partial charge on any atom is 0.261 e. The summed E-state index contributed by atoms with van der Waals surface area (Å²) in [5.41, 5.74) is 0.585. The average Bonchev–Trinajstić information content (AvgIpc) is 2.32. The molecule has 0 spiro atoms. The van der Waals surface area contributed by atoms with Gasteiger partial charge >= 0.3 is 0 Å². The highest BCUT2D eigenvalue weighted by atomic mass is 35.5. The predicted molar refractivity (Wildman–Crippen MR) is 69.5 cm³/mol. The van der Waals surface area contributed by atoms with Crippen molar-refractivity contribution in [3.8, 4) is 0 Å². The first-order valence-electron chi connectivity index (χ1n) is 5.38. The Labute approximate surface area is 104 Å². The Balaban J connectivity index is 2.80. The van der Waals surface area contributed by atoms with Crippen molar-refractivity contribution in [2.24, 2.45) is 7.05 Å². The van der Waals surface area contributed by atoms with Crippen molar-refractivity contribution in [1.82, 2.24) is 14.9 Å². The summed E-state index contributed by atoms with van der Waals surface area (Å²) >= 11 is 5.91. The highest BCUT2D eigenvalue weighted by Gasteiger charge is 2.12. The maximum atomic E-state index is 12.1. The average molecular weight is 252 g/mol. The third-order valence-electron chi connectivity index (χ3n) is 2.89. The molecule has 0 aliphatic rings. The molecule has 1 unspecified atom stereocenters. The van der Waals surface area contributed by atoms with Crippen molar-refractivity contribution < 1.29 is 0 Å². The molecule has 0 aliphatic heterocycles. The van der Waals surface area contributed by atoms with Crippen molar-refractivity contribution in [2.75, 3.05) is 7.05 Å².